The first-order chi connectivity index (χ1) is 9.11. The molecule has 4 nitrogen and oxygen atoms in total. The van der Waals surface area contributed by atoms with Gasteiger partial charge in [0.1, 0.15) is 0 Å². The summed E-state index contributed by atoms with van der Waals surface area (Å²) >= 11 is 0. The van der Waals surface area contributed by atoms with Crippen LogP contribution in [-0.2, 0) is 48.4 Å². The number of benzene rings is 1. The number of nitriles is 1. The van der Waals surface area contributed by atoms with Gasteiger partial charge in [-0.05, 0) is 18.2 Å². The maximum Gasteiger partial charge on any atom is 0.417 e. The molecule has 0 fully saturated rings. The van der Waals surface area contributed by atoms with Crippen LogP contribution in [0.15, 0.2) is 18.2 Å². The number of amides is 1. The van der Waals surface area contributed by atoms with Gasteiger partial charge < -0.3 is 17.0 Å². The standard InChI is InChI=1S/C13H12F3N2O2.Y/c1-12(2,20-3)11(19)18-9-5-4-8(7-17)10(6-9)13(14,15)16;/h4-6H,1H2,2-3H3,(H,18,19);/q-1;. The Labute approximate surface area is 145 Å². The van der Waals surface area contributed by atoms with E-state index in [4.69, 9.17) is 10.00 Å². The van der Waals surface area contributed by atoms with Crippen molar-refractivity contribution in [1.82, 2.24) is 0 Å². The van der Waals surface area contributed by atoms with Crippen LogP contribution in [0.5, 0.6) is 0 Å². The van der Waals surface area contributed by atoms with Gasteiger partial charge in [0.15, 0.2) is 0 Å². The average molecular weight is 374 g/mol. The van der Waals surface area contributed by atoms with Gasteiger partial charge in [-0.1, -0.05) is 6.92 Å². The minimum Gasteiger partial charge on any atom is -0.401 e. The van der Waals surface area contributed by atoms with E-state index in [1.54, 1.807) is 0 Å². The summed E-state index contributed by atoms with van der Waals surface area (Å²) in [4.78, 5) is 11.7. The van der Waals surface area contributed by atoms with Crippen LogP contribution >= 0.6 is 0 Å². The third-order valence-electron chi connectivity index (χ3n) is 2.63. The Morgan fingerprint density at radius 2 is 2.00 bits per heavy atom. The van der Waals surface area contributed by atoms with Crippen molar-refractivity contribution in [2.24, 2.45) is 0 Å². The Morgan fingerprint density at radius 1 is 1.43 bits per heavy atom. The van der Waals surface area contributed by atoms with Crippen molar-refractivity contribution < 1.29 is 55.4 Å². The molecule has 1 atom stereocenters. The number of hydrogen-bond acceptors (Lipinski definition) is 3. The monoisotopic (exact) mass is 374 g/mol. The summed E-state index contributed by atoms with van der Waals surface area (Å²) in [6.07, 6.45) is -4.68. The number of rotatable bonds is 3. The second-order valence-corrected chi connectivity index (χ2v) is 4.26. The van der Waals surface area contributed by atoms with Gasteiger partial charge in [-0.25, -0.2) is 0 Å². The summed E-state index contributed by atoms with van der Waals surface area (Å²) in [5, 5.41) is 10.9. The fourth-order valence-corrected chi connectivity index (χ4v) is 1.31. The molecule has 0 aliphatic rings. The third kappa shape index (κ3) is 5.06. The summed E-state index contributed by atoms with van der Waals surface area (Å²) in [7, 11) is 1.26. The quantitative estimate of drug-likeness (QED) is 0.828. The molecule has 8 heteroatoms. The van der Waals surface area contributed by atoms with Crippen LogP contribution in [-0.4, -0.2) is 18.6 Å². The molecule has 1 aromatic carbocycles. The molecule has 1 unspecified atom stereocenters. The van der Waals surface area contributed by atoms with Gasteiger partial charge in [-0.3, -0.25) is 4.79 Å². The van der Waals surface area contributed by atoms with Gasteiger partial charge in [-0.2, -0.15) is 18.4 Å². The predicted molar refractivity (Wildman–Crippen MR) is 65.6 cm³/mol. The minimum atomic E-state index is -4.68. The molecule has 1 aromatic rings. The van der Waals surface area contributed by atoms with Gasteiger partial charge in [0.2, 0.25) is 5.91 Å². The van der Waals surface area contributed by atoms with Crippen LogP contribution in [0.1, 0.15) is 18.1 Å². The van der Waals surface area contributed by atoms with E-state index in [9.17, 15) is 18.0 Å². The fourth-order valence-electron chi connectivity index (χ4n) is 1.31. The molecule has 0 saturated carbocycles. The minimum absolute atomic E-state index is 0. The van der Waals surface area contributed by atoms with E-state index in [0.717, 1.165) is 6.07 Å². The molecule has 1 amide bonds. The number of carbonyl (C=O) groups is 1. The van der Waals surface area contributed by atoms with Crippen molar-refractivity contribution in [3.63, 3.8) is 0 Å². The van der Waals surface area contributed by atoms with E-state index in [1.165, 1.54) is 26.2 Å². The van der Waals surface area contributed by atoms with E-state index in [2.05, 4.69) is 12.2 Å². The number of carbonyl (C=O) groups excluding carboxylic acids is 1. The zero-order valence-electron chi connectivity index (χ0n) is 11.4. The van der Waals surface area contributed by atoms with Crippen molar-refractivity contribution in [3.8, 4) is 6.07 Å². The zero-order valence-corrected chi connectivity index (χ0v) is 14.3. The number of alkyl halides is 3. The summed E-state index contributed by atoms with van der Waals surface area (Å²) in [6, 6.07) is 4.35. The second-order valence-electron chi connectivity index (χ2n) is 4.26. The predicted octanol–water partition coefficient (Wildman–Crippen LogP) is 2.75. The fraction of sp³-hybridized carbons (Fsp3) is 0.308. The van der Waals surface area contributed by atoms with E-state index in [0.29, 0.717) is 6.07 Å². The number of hydrogen-bond donors (Lipinski definition) is 1. The molecular formula is C13H12F3N2O2Y-. The summed E-state index contributed by atoms with van der Waals surface area (Å²) in [6.45, 7) is 4.85. The Bertz CT molecular complexity index is 566. The summed E-state index contributed by atoms with van der Waals surface area (Å²) in [5.74, 6) is -0.696. The Kier molecular flexibility index (Phi) is 7.01. The molecule has 1 rings (SSSR count). The number of anilines is 1. The van der Waals surface area contributed by atoms with Gasteiger partial charge in [0, 0.05) is 51.1 Å². The van der Waals surface area contributed by atoms with E-state index >= 15 is 0 Å². The SMILES string of the molecule is [CH2-]C(C)(OC)C(=O)Nc1ccc(C#N)c(C(F)(F)F)c1.[Y]. The summed E-state index contributed by atoms with van der Waals surface area (Å²) < 4.78 is 43.1. The number of methoxy groups -OCH3 is 1. The van der Waals surface area contributed by atoms with Gasteiger partial charge in [0.25, 0.3) is 0 Å². The normalized spacial score (nSPS) is 13.6. The molecule has 0 aromatic heterocycles. The maximum absolute atomic E-state index is 12.8. The van der Waals surface area contributed by atoms with E-state index < -0.39 is 28.8 Å². The van der Waals surface area contributed by atoms with Crippen LogP contribution in [0, 0.1) is 18.3 Å². The first-order valence-electron chi connectivity index (χ1n) is 5.45. The Hall–Kier alpha value is -0.966. The van der Waals surface area contributed by atoms with Gasteiger partial charge in [-0.15, -0.1) is 0 Å². The Morgan fingerprint density at radius 3 is 2.43 bits per heavy atom. The largest absolute Gasteiger partial charge is 0.417 e. The molecule has 0 spiro atoms. The second kappa shape index (κ2) is 7.34. The molecule has 111 valence electrons. The van der Waals surface area contributed by atoms with Crippen LogP contribution in [0.3, 0.4) is 0 Å². The molecule has 21 heavy (non-hydrogen) atoms. The maximum atomic E-state index is 12.8. The van der Waals surface area contributed by atoms with E-state index in [1.807, 2.05) is 0 Å². The number of halogens is 3. The molecule has 0 heterocycles. The topological polar surface area (TPSA) is 62.1 Å². The molecule has 1 N–H and O–H groups in total. The van der Waals surface area contributed by atoms with Crippen molar-refractivity contribution in [1.29, 1.82) is 5.26 Å². The van der Waals surface area contributed by atoms with Gasteiger partial charge in [0.05, 0.1) is 17.2 Å². The van der Waals surface area contributed by atoms with Crippen LogP contribution in [0.2, 0.25) is 0 Å². The van der Waals surface area contributed by atoms with Crippen LogP contribution in [0.4, 0.5) is 18.9 Å². The smallest absolute Gasteiger partial charge is 0.401 e. The Balaban J connectivity index is 0.00000400. The van der Waals surface area contributed by atoms with Crippen molar-refractivity contribution >= 4 is 11.6 Å². The first-order valence-corrected chi connectivity index (χ1v) is 5.45. The molecule has 0 aliphatic carbocycles. The number of nitrogens with one attached hydrogen (secondary N) is 1. The van der Waals surface area contributed by atoms with E-state index in [-0.39, 0.29) is 38.4 Å². The van der Waals surface area contributed by atoms with Crippen LogP contribution in [0.25, 0.3) is 0 Å². The summed E-state index contributed by atoms with van der Waals surface area (Å²) in [5.41, 5.74) is -3.14. The molecule has 0 aliphatic heterocycles. The molecule has 0 saturated heterocycles. The number of nitrogens with zero attached hydrogens (tertiary/aromatic N) is 1. The number of ether oxygens (including phenoxy) is 1. The average Bonchev–Trinajstić information content (AvgIpc) is 2.37. The van der Waals surface area contributed by atoms with Crippen molar-refractivity contribution in [2.75, 3.05) is 12.4 Å². The molecule has 0 bridgehead atoms. The molecule has 1 radical (unpaired) electrons. The third-order valence-corrected chi connectivity index (χ3v) is 2.63. The molecular weight excluding hydrogens is 362 g/mol. The van der Waals surface area contributed by atoms with Crippen molar-refractivity contribution in [3.05, 3.63) is 36.2 Å². The van der Waals surface area contributed by atoms with Crippen molar-refractivity contribution in [2.45, 2.75) is 18.7 Å². The van der Waals surface area contributed by atoms with Crippen LogP contribution < -0.4 is 5.32 Å². The van der Waals surface area contributed by atoms with Gasteiger partial charge >= 0.3 is 6.18 Å². The zero-order chi connectivity index (χ0) is 15.6. The first kappa shape index (κ1) is 20.0.